The summed E-state index contributed by atoms with van der Waals surface area (Å²) in [6, 6.07) is 0.474. The first-order chi connectivity index (χ1) is 6.14. The molecule has 0 fully saturated rings. The zero-order valence-corrected chi connectivity index (χ0v) is 9.81. The van der Waals surface area contributed by atoms with E-state index in [1.54, 1.807) is 7.11 Å². The Morgan fingerprint density at radius 2 is 2.00 bits per heavy atom. The molecule has 1 N–H and O–H groups in total. The zero-order valence-electron chi connectivity index (χ0n) is 9.81. The lowest BCUT2D eigenvalue weighted by molar-refractivity contribution is -0.0296. The van der Waals surface area contributed by atoms with Crippen LogP contribution in [0.2, 0.25) is 0 Å². The molecule has 0 radical (unpaired) electrons. The van der Waals surface area contributed by atoms with Crippen LogP contribution in [0.25, 0.3) is 0 Å². The van der Waals surface area contributed by atoms with Crippen molar-refractivity contribution in [1.29, 1.82) is 0 Å². The quantitative estimate of drug-likeness (QED) is 0.661. The Morgan fingerprint density at radius 1 is 1.38 bits per heavy atom. The minimum atomic E-state index is -0.0100. The van der Waals surface area contributed by atoms with Crippen molar-refractivity contribution in [1.82, 2.24) is 5.32 Å². The summed E-state index contributed by atoms with van der Waals surface area (Å²) in [7, 11) is 3.83. The molecule has 2 atom stereocenters. The van der Waals surface area contributed by atoms with Gasteiger partial charge in [0.15, 0.2) is 0 Å². The van der Waals surface area contributed by atoms with Crippen LogP contribution in [0.3, 0.4) is 0 Å². The maximum Gasteiger partial charge on any atom is 0.0800 e. The molecule has 2 nitrogen and oxygen atoms in total. The number of unbranched alkanes of at least 4 members (excludes halogenated alkanes) is 1. The van der Waals surface area contributed by atoms with Crippen LogP contribution in [0.4, 0.5) is 0 Å². The highest BCUT2D eigenvalue weighted by Gasteiger charge is 2.30. The molecule has 0 saturated carbocycles. The first-order valence-electron chi connectivity index (χ1n) is 5.37. The molecular weight excluding hydrogens is 162 g/mol. The molecule has 2 heteroatoms. The van der Waals surface area contributed by atoms with Crippen LogP contribution < -0.4 is 5.32 Å². The number of methoxy groups -OCH3 is 1. The fourth-order valence-corrected chi connectivity index (χ4v) is 1.70. The average molecular weight is 187 g/mol. The maximum absolute atomic E-state index is 5.57. The van der Waals surface area contributed by atoms with Crippen LogP contribution in [-0.4, -0.2) is 25.8 Å². The van der Waals surface area contributed by atoms with Crippen LogP contribution in [0.15, 0.2) is 0 Å². The normalized spacial score (nSPS) is 18.2. The van der Waals surface area contributed by atoms with Crippen LogP contribution in [0, 0.1) is 0 Å². The molecule has 0 aliphatic heterocycles. The van der Waals surface area contributed by atoms with Crippen LogP contribution in [-0.2, 0) is 4.74 Å². The van der Waals surface area contributed by atoms with E-state index < -0.39 is 0 Å². The van der Waals surface area contributed by atoms with E-state index in [4.69, 9.17) is 4.74 Å². The summed E-state index contributed by atoms with van der Waals surface area (Å²) in [5.41, 5.74) is -0.0100. The van der Waals surface area contributed by atoms with Gasteiger partial charge in [0.05, 0.1) is 5.60 Å². The molecule has 13 heavy (non-hydrogen) atoms. The highest BCUT2D eigenvalue weighted by Crippen LogP contribution is 2.22. The first-order valence-corrected chi connectivity index (χ1v) is 5.37. The monoisotopic (exact) mass is 187 g/mol. The van der Waals surface area contributed by atoms with Crippen LogP contribution in [0.5, 0.6) is 0 Å². The Kier molecular flexibility index (Phi) is 6.35. The predicted octanol–water partition coefficient (Wildman–Crippen LogP) is 2.58. The van der Waals surface area contributed by atoms with Crippen LogP contribution >= 0.6 is 0 Å². The van der Waals surface area contributed by atoms with Crippen molar-refractivity contribution >= 4 is 0 Å². The van der Waals surface area contributed by atoms with Crippen LogP contribution in [0.1, 0.15) is 46.5 Å². The Bertz CT molecular complexity index is 121. The number of ether oxygens (including phenoxy) is 1. The minimum Gasteiger partial charge on any atom is -0.377 e. The summed E-state index contributed by atoms with van der Waals surface area (Å²) in [5, 5.41) is 3.35. The fourth-order valence-electron chi connectivity index (χ4n) is 1.70. The van der Waals surface area contributed by atoms with Crippen molar-refractivity contribution < 1.29 is 4.74 Å². The number of nitrogens with one attached hydrogen (secondary N) is 1. The van der Waals surface area contributed by atoms with Gasteiger partial charge in [0.25, 0.3) is 0 Å². The van der Waals surface area contributed by atoms with E-state index in [9.17, 15) is 0 Å². The van der Waals surface area contributed by atoms with Crippen molar-refractivity contribution in [2.24, 2.45) is 0 Å². The van der Waals surface area contributed by atoms with E-state index >= 15 is 0 Å². The van der Waals surface area contributed by atoms with Gasteiger partial charge in [-0.2, -0.15) is 0 Å². The van der Waals surface area contributed by atoms with E-state index in [1.165, 1.54) is 19.3 Å². The van der Waals surface area contributed by atoms with Gasteiger partial charge in [-0.25, -0.2) is 0 Å². The van der Waals surface area contributed by atoms with Gasteiger partial charge in [-0.15, -0.1) is 0 Å². The summed E-state index contributed by atoms with van der Waals surface area (Å²) in [6.45, 7) is 6.59. The molecular formula is C11H25NO. The number of hydrogen-bond acceptors (Lipinski definition) is 2. The Balaban J connectivity index is 4.16. The molecule has 0 aromatic carbocycles. The predicted molar refractivity (Wildman–Crippen MR) is 58.1 cm³/mol. The molecule has 0 aliphatic carbocycles. The third kappa shape index (κ3) is 3.65. The van der Waals surface area contributed by atoms with E-state index in [1.807, 2.05) is 7.05 Å². The number of rotatable bonds is 7. The molecule has 0 rings (SSSR count). The minimum absolute atomic E-state index is 0.0100. The second-order valence-corrected chi connectivity index (χ2v) is 3.85. The van der Waals surface area contributed by atoms with Crippen molar-refractivity contribution in [3.63, 3.8) is 0 Å². The number of likely N-dealkylation sites (N-methyl/N-ethyl adjacent to an activating group) is 1. The van der Waals surface area contributed by atoms with Gasteiger partial charge in [-0.3, -0.25) is 0 Å². The molecule has 0 amide bonds. The topological polar surface area (TPSA) is 21.3 Å². The molecule has 0 bridgehead atoms. The third-order valence-electron chi connectivity index (χ3n) is 3.10. The molecule has 0 aromatic heterocycles. The summed E-state index contributed by atoms with van der Waals surface area (Å²) in [6.07, 6.45) is 4.77. The van der Waals surface area contributed by atoms with Crippen molar-refractivity contribution in [3.05, 3.63) is 0 Å². The second kappa shape index (κ2) is 6.39. The average Bonchev–Trinajstić information content (AvgIpc) is 2.18. The summed E-state index contributed by atoms with van der Waals surface area (Å²) < 4.78 is 5.57. The summed E-state index contributed by atoms with van der Waals surface area (Å²) >= 11 is 0. The molecule has 0 aromatic rings. The molecule has 80 valence electrons. The SMILES string of the molecule is CCCCC(NC)C(C)(CC)OC. The van der Waals surface area contributed by atoms with Crippen molar-refractivity contribution in [3.8, 4) is 0 Å². The fraction of sp³-hybridized carbons (Fsp3) is 1.00. The number of hydrogen-bond donors (Lipinski definition) is 1. The lowest BCUT2D eigenvalue weighted by Crippen LogP contribution is -2.48. The Morgan fingerprint density at radius 3 is 2.31 bits per heavy atom. The van der Waals surface area contributed by atoms with Gasteiger partial charge < -0.3 is 10.1 Å². The zero-order chi connectivity index (χ0) is 10.3. The van der Waals surface area contributed by atoms with E-state index in [2.05, 4.69) is 26.1 Å². The van der Waals surface area contributed by atoms with Gasteiger partial charge in [0.1, 0.15) is 0 Å². The first kappa shape index (κ1) is 12.9. The van der Waals surface area contributed by atoms with Gasteiger partial charge in [-0.1, -0.05) is 26.7 Å². The highest BCUT2D eigenvalue weighted by molar-refractivity contribution is 4.87. The van der Waals surface area contributed by atoms with Gasteiger partial charge in [0, 0.05) is 13.2 Å². The molecule has 0 aliphatic rings. The van der Waals surface area contributed by atoms with Gasteiger partial charge >= 0.3 is 0 Å². The van der Waals surface area contributed by atoms with E-state index in [0.717, 1.165) is 6.42 Å². The van der Waals surface area contributed by atoms with Gasteiger partial charge in [-0.05, 0) is 26.8 Å². The molecule has 0 heterocycles. The Labute approximate surface area is 83.1 Å². The Hall–Kier alpha value is -0.0800. The largest absolute Gasteiger partial charge is 0.377 e. The third-order valence-corrected chi connectivity index (χ3v) is 3.10. The smallest absolute Gasteiger partial charge is 0.0800 e. The molecule has 0 saturated heterocycles. The summed E-state index contributed by atoms with van der Waals surface area (Å²) in [4.78, 5) is 0. The van der Waals surface area contributed by atoms with Gasteiger partial charge in [0.2, 0.25) is 0 Å². The summed E-state index contributed by atoms with van der Waals surface area (Å²) in [5.74, 6) is 0. The molecule has 2 unspecified atom stereocenters. The van der Waals surface area contributed by atoms with Crippen molar-refractivity contribution in [2.75, 3.05) is 14.2 Å². The standard InChI is InChI=1S/C11H25NO/c1-6-8-9-10(12-4)11(3,7-2)13-5/h10,12H,6-9H2,1-5H3. The highest BCUT2D eigenvalue weighted by atomic mass is 16.5. The molecule has 0 spiro atoms. The van der Waals surface area contributed by atoms with E-state index in [-0.39, 0.29) is 5.60 Å². The van der Waals surface area contributed by atoms with E-state index in [0.29, 0.717) is 6.04 Å². The second-order valence-electron chi connectivity index (χ2n) is 3.85. The van der Waals surface area contributed by atoms with Crippen molar-refractivity contribution in [2.45, 2.75) is 58.1 Å². The maximum atomic E-state index is 5.57. The lowest BCUT2D eigenvalue weighted by atomic mass is 9.89. The lowest BCUT2D eigenvalue weighted by Gasteiger charge is -2.35.